The number of hydrogen-bond acceptors (Lipinski definition) is 9. The lowest BCUT2D eigenvalue weighted by Crippen LogP contribution is -2.49. The zero-order valence-electron chi connectivity index (χ0n) is 22.7. The Bertz CT molecular complexity index is 1310. The van der Waals surface area contributed by atoms with Crippen LogP contribution in [0.4, 0.5) is 17.3 Å². The number of hydrogen-bond donors (Lipinski definition) is 3. The summed E-state index contributed by atoms with van der Waals surface area (Å²) in [5, 5.41) is 29.3. The molecule has 2 aliphatic rings. The van der Waals surface area contributed by atoms with Crippen LogP contribution in [0.15, 0.2) is 48.9 Å². The maximum Gasteiger partial charge on any atom is 0.238 e. The molecule has 1 saturated heterocycles. The van der Waals surface area contributed by atoms with Gasteiger partial charge in [0.25, 0.3) is 0 Å². The van der Waals surface area contributed by atoms with Gasteiger partial charge in [-0.25, -0.2) is 9.97 Å². The van der Waals surface area contributed by atoms with E-state index in [0.29, 0.717) is 37.1 Å². The third kappa shape index (κ3) is 7.21. The fraction of sp³-hybridized carbons (Fsp3) is 0.483. The molecule has 210 valence electrons. The largest absolute Gasteiger partial charge is 0.395 e. The molecule has 1 amide bonds. The van der Waals surface area contributed by atoms with E-state index in [9.17, 15) is 10.1 Å². The van der Waals surface area contributed by atoms with Gasteiger partial charge in [0.1, 0.15) is 0 Å². The monoisotopic (exact) mass is 543 g/mol. The molecule has 1 aromatic carbocycles. The van der Waals surface area contributed by atoms with Crippen molar-refractivity contribution in [2.45, 2.75) is 38.1 Å². The summed E-state index contributed by atoms with van der Waals surface area (Å²) in [4.78, 5) is 26.1. The highest BCUT2D eigenvalue weighted by Gasteiger charge is 2.27. The van der Waals surface area contributed by atoms with Gasteiger partial charge in [0.2, 0.25) is 11.9 Å². The van der Waals surface area contributed by atoms with E-state index in [1.807, 2.05) is 41.2 Å². The molecule has 1 atom stereocenters. The number of amides is 1. The van der Waals surface area contributed by atoms with Crippen molar-refractivity contribution < 1.29 is 9.90 Å². The molecule has 3 heterocycles. The zero-order chi connectivity index (χ0) is 27.7. The molecular formula is C29H37N9O2. The van der Waals surface area contributed by atoms with Gasteiger partial charge < -0.3 is 15.7 Å². The highest BCUT2D eigenvalue weighted by atomic mass is 16.3. The first-order chi connectivity index (χ1) is 19.6. The van der Waals surface area contributed by atoms with Crippen LogP contribution in [0.1, 0.15) is 38.1 Å². The minimum Gasteiger partial charge on any atom is -0.395 e. The van der Waals surface area contributed by atoms with Crippen LogP contribution in [0.2, 0.25) is 0 Å². The molecule has 0 spiro atoms. The summed E-state index contributed by atoms with van der Waals surface area (Å²) in [5.41, 5.74) is 3.08. The second kappa shape index (κ2) is 13.5. The SMILES string of the molecule is N#CCC(C1CCCC1)n1cc(-c2ccnc(Nc3cccc(NC(=O)CN4CCN(CCO)CC4)c3)n2)cn1. The summed E-state index contributed by atoms with van der Waals surface area (Å²) in [7, 11) is 0. The van der Waals surface area contributed by atoms with E-state index in [0.717, 1.165) is 56.0 Å². The Morgan fingerprint density at radius 1 is 1.12 bits per heavy atom. The van der Waals surface area contributed by atoms with Crippen LogP contribution in [-0.2, 0) is 4.79 Å². The number of carbonyl (C=O) groups is 1. The molecule has 0 bridgehead atoms. The van der Waals surface area contributed by atoms with Crippen LogP contribution in [-0.4, -0.2) is 86.4 Å². The maximum atomic E-state index is 12.7. The van der Waals surface area contributed by atoms with Gasteiger partial charge in [-0.05, 0) is 43.0 Å². The lowest BCUT2D eigenvalue weighted by molar-refractivity contribution is -0.117. The maximum absolute atomic E-state index is 12.7. The van der Waals surface area contributed by atoms with Crippen molar-refractivity contribution in [1.29, 1.82) is 5.26 Å². The van der Waals surface area contributed by atoms with E-state index in [2.05, 4.69) is 41.6 Å². The standard InChI is InChI=1S/C29H37N9O2/c30-10-8-27(22-4-1-2-5-22)38-20-23(19-32-38)26-9-11-31-29(35-26)34-25-7-3-6-24(18-25)33-28(40)21-37-14-12-36(13-15-37)16-17-39/h3,6-7,9,11,18-20,22,27,39H,1-2,4-5,8,12-17,21H2,(H,33,40)(H,31,34,35). The zero-order valence-corrected chi connectivity index (χ0v) is 22.7. The quantitative estimate of drug-likeness (QED) is 0.333. The van der Waals surface area contributed by atoms with Gasteiger partial charge >= 0.3 is 0 Å². The van der Waals surface area contributed by atoms with Crippen molar-refractivity contribution in [3.05, 3.63) is 48.9 Å². The Morgan fingerprint density at radius 2 is 1.90 bits per heavy atom. The summed E-state index contributed by atoms with van der Waals surface area (Å²) in [6.07, 6.45) is 10.7. The second-order valence-corrected chi connectivity index (χ2v) is 10.5. The smallest absolute Gasteiger partial charge is 0.238 e. The van der Waals surface area contributed by atoms with Crippen LogP contribution in [0, 0.1) is 17.2 Å². The average Bonchev–Trinajstić information content (AvgIpc) is 3.67. The number of aliphatic hydroxyl groups excluding tert-OH is 1. The van der Waals surface area contributed by atoms with Crippen molar-refractivity contribution in [3.8, 4) is 17.3 Å². The summed E-state index contributed by atoms with van der Waals surface area (Å²) in [6, 6.07) is 11.8. The molecule has 1 aliphatic carbocycles. The molecule has 11 heteroatoms. The average molecular weight is 544 g/mol. The normalized spacial score (nSPS) is 17.4. The van der Waals surface area contributed by atoms with E-state index in [1.54, 1.807) is 12.4 Å². The van der Waals surface area contributed by atoms with Gasteiger partial charge in [0.05, 0.1) is 43.6 Å². The Hall–Kier alpha value is -3.85. The fourth-order valence-electron chi connectivity index (χ4n) is 5.66. The van der Waals surface area contributed by atoms with Crippen molar-refractivity contribution in [1.82, 2.24) is 29.5 Å². The highest BCUT2D eigenvalue weighted by Crippen LogP contribution is 2.36. The fourth-order valence-corrected chi connectivity index (χ4v) is 5.66. The van der Waals surface area contributed by atoms with Crippen molar-refractivity contribution in [2.75, 3.05) is 56.5 Å². The number of rotatable bonds is 11. The highest BCUT2D eigenvalue weighted by molar-refractivity contribution is 5.92. The van der Waals surface area contributed by atoms with Gasteiger partial charge in [-0.15, -0.1) is 0 Å². The summed E-state index contributed by atoms with van der Waals surface area (Å²) >= 11 is 0. The minimum atomic E-state index is -0.0599. The van der Waals surface area contributed by atoms with Crippen molar-refractivity contribution in [3.63, 3.8) is 0 Å². The molecule has 1 unspecified atom stereocenters. The number of benzene rings is 1. The van der Waals surface area contributed by atoms with Crippen LogP contribution < -0.4 is 10.6 Å². The van der Waals surface area contributed by atoms with E-state index in [4.69, 9.17) is 5.11 Å². The first kappa shape index (κ1) is 27.7. The number of aromatic nitrogens is 4. The van der Waals surface area contributed by atoms with Gasteiger partial charge in [0, 0.05) is 62.1 Å². The molecule has 0 radical (unpaired) electrons. The predicted octanol–water partition coefficient (Wildman–Crippen LogP) is 3.28. The Labute approximate surface area is 234 Å². The topological polar surface area (TPSA) is 135 Å². The molecule has 1 saturated carbocycles. The molecule has 3 aromatic rings. The number of nitrogens with one attached hydrogen (secondary N) is 2. The number of nitrogens with zero attached hydrogens (tertiary/aromatic N) is 7. The van der Waals surface area contributed by atoms with Crippen LogP contribution in [0.25, 0.3) is 11.3 Å². The molecule has 5 rings (SSSR count). The number of anilines is 3. The molecule has 11 nitrogen and oxygen atoms in total. The predicted molar refractivity (Wildman–Crippen MR) is 153 cm³/mol. The number of carbonyl (C=O) groups excluding carboxylic acids is 1. The molecule has 3 N–H and O–H groups in total. The first-order valence-electron chi connectivity index (χ1n) is 14.1. The minimum absolute atomic E-state index is 0.0599. The Balaban J connectivity index is 1.19. The van der Waals surface area contributed by atoms with E-state index in [-0.39, 0.29) is 18.6 Å². The number of piperazine rings is 1. The third-order valence-corrected chi connectivity index (χ3v) is 7.79. The van der Waals surface area contributed by atoms with Crippen LogP contribution in [0.5, 0.6) is 0 Å². The molecule has 2 fully saturated rings. The summed E-state index contributed by atoms with van der Waals surface area (Å²) < 4.78 is 1.94. The molecular weight excluding hydrogens is 506 g/mol. The van der Waals surface area contributed by atoms with Crippen molar-refractivity contribution >= 4 is 23.2 Å². The molecule has 1 aliphatic heterocycles. The Morgan fingerprint density at radius 3 is 2.67 bits per heavy atom. The van der Waals surface area contributed by atoms with E-state index >= 15 is 0 Å². The lowest BCUT2D eigenvalue weighted by atomic mass is 9.96. The van der Waals surface area contributed by atoms with Crippen LogP contribution in [0.3, 0.4) is 0 Å². The number of aliphatic hydroxyl groups is 1. The van der Waals surface area contributed by atoms with Gasteiger partial charge in [-0.2, -0.15) is 10.4 Å². The second-order valence-electron chi connectivity index (χ2n) is 10.5. The van der Waals surface area contributed by atoms with Crippen molar-refractivity contribution in [2.24, 2.45) is 5.92 Å². The number of nitriles is 1. The van der Waals surface area contributed by atoms with Gasteiger partial charge in [0.15, 0.2) is 0 Å². The number of β-amino-alcohol motifs (C(OH)–C–C–N with tert-alkyl or cyclic N) is 1. The van der Waals surface area contributed by atoms with Gasteiger partial charge in [-0.1, -0.05) is 18.9 Å². The first-order valence-corrected chi connectivity index (χ1v) is 14.1. The summed E-state index contributed by atoms with van der Waals surface area (Å²) in [6.45, 7) is 4.50. The van der Waals surface area contributed by atoms with Crippen LogP contribution >= 0.6 is 0 Å². The molecule has 40 heavy (non-hydrogen) atoms. The van der Waals surface area contributed by atoms with E-state index < -0.39 is 0 Å². The molecule has 2 aromatic heterocycles. The Kier molecular flexibility index (Phi) is 9.34. The van der Waals surface area contributed by atoms with Gasteiger partial charge in [-0.3, -0.25) is 19.3 Å². The third-order valence-electron chi connectivity index (χ3n) is 7.79. The summed E-state index contributed by atoms with van der Waals surface area (Å²) in [5.74, 6) is 0.874. The van der Waals surface area contributed by atoms with E-state index in [1.165, 1.54) is 12.8 Å². The lowest BCUT2D eigenvalue weighted by Gasteiger charge is -2.33.